The fourth-order valence-electron chi connectivity index (χ4n) is 3.88. The number of carboxylic acid groups (broad SMARTS) is 1. The highest BCUT2D eigenvalue weighted by Crippen LogP contribution is 2.45. The summed E-state index contributed by atoms with van der Waals surface area (Å²) in [5, 5.41) is 55.8. The van der Waals surface area contributed by atoms with Gasteiger partial charge < -0.3 is 40.3 Å². The number of aliphatic hydroxyl groups is 4. The Hall–Kier alpha value is -1.83. The molecule has 1 aromatic carbocycles. The molecule has 0 aromatic heterocycles. The minimum absolute atomic E-state index is 0.180. The van der Waals surface area contributed by atoms with Crippen molar-refractivity contribution in [2.45, 2.75) is 43.8 Å². The SMILES string of the molecule is O=C(O)COCCOCCNc1cccc2c1C(O)N(C1CCC(O)NC1O)C2O. The fourth-order valence-corrected chi connectivity index (χ4v) is 3.88. The number of aliphatic carboxylic acids is 1. The topological polar surface area (TPSA) is 164 Å². The number of aliphatic hydroxyl groups excluding tert-OH is 4. The second-order valence-corrected chi connectivity index (χ2v) is 7.26. The summed E-state index contributed by atoms with van der Waals surface area (Å²) < 4.78 is 10.3. The van der Waals surface area contributed by atoms with Gasteiger partial charge in [0.25, 0.3) is 0 Å². The summed E-state index contributed by atoms with van der Waals surface area (Å²) >= 11 is 0. The molecule has 11 heteroatoms. The van der Waals surface area contributed by atoms with Crippen LogP contribution in [0.5, 0.6) is 0 Å². The van der Waals surface area contributed by atoms with E-state index in [-0.39, 0.29) is 19.8 Å². The predicted molar refractivity (Wildman–Crippen MR) is 104 cm³/mol. The number of nitrogens with one attached hydrogen (secondary N) is 2. The minimum Gasteiger partial charge on any atom is -0.480 e. The molecule has 7 N–H and O–H groups in total. The van der Waals surface area contributed by atoms with Gasteiger partial charge in [-0.3, -0.25) is 5.32 Å². The van der Waals surface area contributed by atoms with E-state index in [2.05, 4.69) is 10.6 Å². The van der Waals surface area contributed by atoms with E-state index in [0.717, 1.165) is 0 Å². The maximum Gasteiger partial charge on any atom is 0.329 e. The van der Waals surface area contributed by atoms with Crippen molar-refractivity contribution in [2.24, 2.45) is 0 Å². The molecule has 0 saturated carbocycles. The number of fused-ring (bicyclic) bond motifs is 1. The van der Waals surface area contributed by atoms with Crippen LogP contribution in [0.25, 0.3) is 0 Å². The lowest BCUT2D eigenvalue weighted by atomic mass is 10.0. The Labute approximate surface area is 173 Å². The third kappa shape index (κ3) is 5.25. The van der Waals surface area contributed by atoms with E-state index in [1.54, 1.807) is 18.2 Å². The lowest BCUT2D eigenvalue weighted by Crippen LogP contribution is -2.57. The highest BCUT2D eigenvalue weighted by Gasteiger charge is 2.45. The summed E-state index contributed by atoms with van der Waals surface area (Å²) in [6.45, 7) is 0.844. The first kappa shape index (κ1) is 22.8. The molecule has 2 heterocycles. The molecule has 0 radical (unpaired) electrons. The summed E-state index contributed by atoms with van der Waals surface area (Å²) in [6, 6.07) is 4.71. The van der Waals surface area contributed by atoms with Crippen LogP contribution in [-0.4, -0.2) is 87.9 Å². The van der Waals surface area contributed by atoms with Crippen LogP contribution in [0, 0.1) is 0 Å². The Balaban J connectivity index is 1.55. The van der Waals surface area contributed by atoms with Crippen molar-refractivity contribution in [2.75, 3.05) is 38.3 Å². The van der Waals surface area contributed by atoms with E-state index >= 15 is 0 Å². The Morgan fingerprint density at radius 1 is 1.10 bits per heavy atom. The van der Waals surface area contributed by atoms with E-state index in [4.69, 9.17) is 14.6 Å². The zero-order valence-corrected chi connectivity index (χ0v) is 16.5. The standard InChI is InChI=1S/C19H29N3O8/c23-14-5-4-13(17(26)21-14)22-18(27)11-2-1-3-12(16(11)19(22)28)20-6-7-29-8-9-30-10-15(24)25/h1-3,13-14,17-21,23,26-28H,4-10H2,(H,24,25). The van der Waals surface area contributed by atoms with Crippen LogP contribution < -0.4 is 10.6 Å². The van der Waals surface area contributed by atoms with Crippen molar-refractivity contribution >= 4 is 11.7 Å². The van der Waals surface area contributed by atoms with Crippen molar-refractivity contribution in [3.05, 3.63) is 29.3 Å². The minimum atomic E-state index is -1.12. The van der Waals surface area contributed by atoms with E-state index in [0.29, 0.717) is 42.8 Å². The summed E-state index contributed by atoms with van der Waals surface area (Å²) in [5.41, 5.74) is 1.73. The molecule has 5 unspecified atom stereocenters. The largest absolute Gasteiger partial charge is 0.480 e. The maximum absolute atomic E-state index is 10.9. The maximum atomic E-state index is 10.9. The number of ether oxygens (including phenoxy) is 2. The summed E-state index contributed by atoms with van der Waals surface area (Å²) in [7, 11) is 0. The molecule has 5 atom stereocenters. The first-order valence-corrected chi connectivity index (χ1v) is 9.90. The Morgan fingerprint density at radius 3 is 2.60 bits per heavy atom. The molecule has 2 aliphatic heterocycles. The number of rotatable bonds is 10. The van der Waals surface area contributed by atoms with Crippen LogP contribution in [-0.2, 0) is 14.3 Å². The molecule has 168 valence electrons. The lowest BCUT2D eigenvalue weighted by molar-refractivity contribution is -0.158. The number of benzene rings is 1. The first-order valence-electron chi connectivity index (χ1n) is 9.90. The zero-order chi connectivity index (χ0) is 21.7. The van der Waals surface area contributed by atoms with E-state index in [1.165, 1.54) is 4.90 Å². The van der Waals surface area contributed by atoms with Crippen molar-refractivity contribution in [3.8, 4) is 0 Å². The van der Waals surface area contributed by atoms with Gasteiger partial charge in [-0.1, -0.05) is 12.1 Å². The third-order valence-corrected chi connectivity index (χ3v) is 5.25. The molecule has 2 aliphatic rings. The van der Waals surface area contributed by atoms with Gasteiger partial charge in [-0.25, -0.2) is 9.69 Å². The average Bonchev–Trinajstić information content (AvgIpc) is 2.95. The predicted octanol–water partition coefficient (Wildman–Crippen LogP) is -1.10. The highest BCUT2D eigenvalue weighted by atomic mass is 16.5. The number of carbonyl (C=O) groups is 1. The third-order valence-electron chi connectivity index (χ3n) is 5.25. The Bertz CT molecular complexity index is 721. The average molecular weight is 427 g/mol. The lowest BCUT2D eigenvalue weighted by Gasteiger charge is -2.40. The molecule has 0 bridgehead atoms. The van der Waals surface area contributed by atoms with Crippen LogP contribution in [0.1, 0.15) is 36.4 Å². The molecule has 3 rings (SSSR count). The molecular formula is C19H29N3O8. The zero-order valence-electron chi connectivity index (χ0n) is 16.5. The molecule has 1 aromatic rings. The van der Waals surface area contributed by atoms with Crippen LogP contribution in [0.15, 0.2) is 18.2 Å². The van der Waals surface area contributed by atoms with Crippen LogP contribution in [0.2, 0.25) is 0 Å². The second kappa shape index (κ2) is 10.5. The summed E-state index contributed by atoms with van der Waals surface area (Å²) in [6.07, 6.45) is -3.30. The highest BCUT2D eigenvalue weighted by molar-refractivity contribution is 5.67. The number of hydrogen-bond acceptors (Lipinski definition) is 10. The molecule has 1 saturated heterocycles. The van der Waals surface area contributed by atoms with Crippen molar-refractivity contribution in [1.29, 1.82) is 0 Å². The number of carboxylic acids is 1. The van der Waals surface area contributed by atoms with Gasteiger partial charge in [0.15, 0.2) is 0 Å². The Kier molecular flexibility index (Phi) is 7.97. The number of piperidine rings is 1. The van der Waals surface area contributed by atoms with Crippen molar-refractivity contribution in [3.63, 3.8) is 0 Å². The second-order valence-electron chi connectivity index (χ2n) is 7.26. The summed E-state index contributed by atoms with van der Waals surface area (Å²) in [4.78, 5) is 11.8. The van der Waals surface area contributed by atoms with Gasteiger partial charge >= 0.3 is 5.97 Å². The normalized spacial score (nSPS) is 29.0. The van der Waals surface area contributed by atoms with E-state index in [1.807, 2.05) is 0 Å². The van der Waals surface area contributed by atoms with Crippen LogP contribution in [0.3, 0.4) is 0 Å². The van der Waals surface area contributed by atoms with Crippen LogP contribution >= 0.6 is 0 Å². The van der Waals surface area contributed by atoms with Crippen LogP contribution in [0.4, 0.5) is 5.69 Å². The van der Waals surface area contributed by atoms with Gasteiger partial charge in [0.1, 0.15) is 31.5 Å². The molecule has 0 aliphatic carbocycles. The van der Waals surface area contributed by atoms with Gasteiger partial charge in [0.05, 0.1) is 25.9 Å². The molecule has 1 fully saturated rings. The molecule has 0 spiro atoms. The van der Waals surface area contributed by atoms with Gasteiger partial charge in [-0.05, 0) is 18.9 Å². The van der Waals surface area contributed by atoms with Gasteiger partial charge in [-0.2, -0.15) is 0 Å². The molecule has 0 amide bonds. The molecule has 11 nitrogen and oxygen atoms in total. The number of nitrogens with zero attached hydrogens (tertiary/aromatic N) is 1. The monoisotopic (exact) mass is 427 g/mol. The van der Waals surface area contributed by atoms with E-state index in [9.17, 15) is 25.2 Å². The fraction of sp³-hybridized carbons (Fsp3) is 0.632. The van der Waals surface area contributed by atoms with Gasteiger partial charge in [-0.15, -0.1) is 0 Å². The Morgan fingerprint density at radius 2 is 1.87 bits per heavy atom. The smallest absolute Gasteiger partial charge is 0.329 e. The molecule has 30 heavy (non-hydrogen) atoms. The first-order chi connectivity index (χ1) is 14.4. The number of hydrogen-bond donors (Lipinski definition) is 7. The number of anilines is 1. The molecular weight excluding hydrogens is 398 g/mol. The van der Waals surface area contributed by atoms with E-state index < -0.39 is 36.9 Å². The quantitative estimate of drug-likeness (QED) is 0.227. The summed E-state index contributed by atoms with van der Waals surface area (Å²) in [5.74, 6) is -1.03. The van der Waals surface area contributed by atoms with Crippen molar-refractivity contribution in [1.82, 2.24) is 10.2 Å². The van der Waals surface area contributed by atoms with Gasteiger partial charge in [0.2, 0.25) is 0 Å². The van der Waals surface area contributed by atoms with Crippen molar-refractivity contribution < 1.29 is 39.8 Å². The van der Waals surface area contributed by atoms with Gasteiger partial charge in [0, 0.05) is 23.4 Å².